The van der Waals surface area contributed by atoms with Crippen molar-refractivity contribution in [1.82, 2.24) is 5.32 Å². The molecule has 1 saturated carbocycles. The monoisotopic (exact) mass is 271 g/mol. The van der Waals surface area contributed by atoms with Gasteiger partial charge in [-0.15, -0.1) is 0 Å². The Morgan fingerprint density at radius 3 is 2.42 bits per heavy atom. The fraction of sp³-hybridized carbons (Fsp3) is 0.857. The van der Waals surface area contributed by atoms with Crippen LogP contribution >= 0.6 is 0 Å². The van der Waals surface area contributed by atoms with E-state index in [-0.39, 0.29) is 12.0 Å². The van der Waals surface area contributed by atoms with E-state index in [1.807, 2.05) is 20.8 Å². The van der Waals surface area contributed by atoms with Gasteiger partial charge in [-0.1, -0.05) is 0 Å². The number of hydrogen-bond donors (Lipinski definition) is 1. The lowest BCUT2D eigenvalue weighted by Crippen LogP contribution is -2.35. The first-order valence-electron chi connectivity index (χ1n) is 6.94. The molecule has 1 fully saturated rings. The fourth-order valence-electron chi connectivity index (χ4n) is 2.08. The van der Waals surface area contributed by atoms with Gasteiger partial charge in [-0.25, -0.2) is 4.79 Å². The minimum atomic E-state index is -0.474. The first-order chi connectivity index (χ1) is 8.90. The average molecular weight is 271 g/mol. The minimum absolute atomic E-state index is 0.208. The van der Waals surface area contributed by atoms with Crippen LogP contribution in [0.3, 0.4) is 0 Å². The van der Waals surface area contributed by atoms with E-state index in [0.717, 1.165) is 32.0 Å². The second-order valence-electron chi connectivity index (χ2n) is 5.97. The molecule has 5 heteroatoms. The standard InChI is InChI=1S/C14H25NO4/c1-14(2,3)19-13(17)15-8-9-18-12-6-4-11(10-16)5-7-12/h10-12H,4-9H2,1-3H3,(H,15,17)/t11-,12-. The van der Waals surface area contributed by atoms with E-state index in [1.165, 1.54) is 0 Å². The Hall–Kier alpha value is -1.10. The summed E-state index contributed by atoms with van der Waals surface area (Å²) in [6, 6.07) is 0. The van der Waals surface area contributed by atoms with Gasteiger partial charge in [0.25, 0.3) is 0 Å². The van der Waals surface area contributed by atoms with Crippen LogP contribution in [-0.4, -0.2) is 37.2 Å². The van der Waals surface area contributed by atoms with Gasteiger partial charge in [0.05, 0.1) is 12.7 Å². The zero-order valence-corrected chi connectivity index (χ0v) is 12.1. The summed E-state index contributed by atoms with van der Waals surface area (Å²) in [6.07, 6.45) is 4.52. The lowest BCUT2D eigenvalue weighted by molar-refractivity contribution is -0.112. The van der Waals surface area contributed by atoms with Gasteiger partial charge in [-0.2, -0.15) is 0 Å². The van der Waals surface area contributed by atoms with Crippen molar-refractivity contribution >= 4 is 12.4 Å². The second-order valence-corrected chi connectivity index (χ2v) is 5.97. The topological polar surface area (TPSA) is 64.6 Å². The number of nitrogens with one attached hydrogen (secondary N) is 1. The van der Waals surface area contributed by atoms with Crippen molar-refractivity contribution in [2.24, 2.45) is 5.92 Å². The Labute approximate surface area is 115 Å². The molecular weight excluding hydrogens is 246 g/mol. The summed E-state index contributed by atoms with van der Waals surface area (Å²) in [5, 5.41) is 2.66. The summed E-state index contributed by atoms with van der Waals surface area (Å²) in [6.45, 7) is 6.41. The largest absolute Gasteiger partial charge is 0.444 e. The SMILES string of the molecule is CC(C)(C)OC(=O)NCCO[C@H]1CC[C@H](C=O)CC1. The first-order valence-corrected chi connectivity index (χ1v) is 6.94. The number of carbonyl (C=O) groups is 2. The molecule has 0 saturated heterocycles. The molecule has 19 heavy (non-hydrogen) atoms. The fourth-order valence-corrected chi connectivity index (χ4v) is 2.08. The Kier molecular flexibility index (Phi) is 6.28. The van der Waals surface area contributed by atoms with Crippen molar-refractivity contribution < 1.29 is 19.1 Å². The number of rotatable bonds is 5. The van der Waals surface area contributed by atoms with E-state index in [0.29, 0.717) is 13.2 Å². The van der Waals surface area contributed by atoms with E-state index >= 15 is 0 Å². The first kappa shape index (κ1) is 16.0. The molecule has 0 atom stereocenters. The molecule has 0 heterocycles. The van der Waals surface area contributed by atoms with Crippen LogP contribution in [0.2, 0.25) is 0 Å². The Bertz CT molecular complexity index is 290. The molecule has 1 aliphatic carbocycles. The van der Waals surface area contributed by atoms with Crippen LogP contribution in [0.1, 0.15) is 46.5 Å². The number of carbonyl (C=O) groups excluding carboxylic acids is 2. The van der Waals surface area contributed by atoms with Crippen molar-refractivity contribution in [1.29, 1.82) is 0 Å². The summed E-state index contributed by atoms with van der Waals surface area (Å²) in [5.74, 6) is 0.208. The molecule has 5 nitrogen and oxygen atoms in total. The number of aldehydes is 1. The molecule has 0 aliphatic heterocycles. The van der Waals surface area contributed by atoms with Gasteiger partial charge >= 0.3 is 6.09 Å². The van der Waals surface area contributed by atoms with E-state index in [4.69, 9.17) is 9.47 Å². The van der Waals surface area contributed by atoms with Crippen molar-refractivity contribution in [2.75, 3.05) is 13.2 Å². The molecule has 0 aromatic carbocycles. The highest BCUT2D eigenvalue weighted by atomic mass is 16.6. The molecule has 110 valence electrons. The number of alkyl carbamates (subject to hydrolysis) is 1. The molecule has 1 N–H and O–H groups in total. The van der Waals surface area contributed by atoms with Crippen LogP contribution in [0.4, 0.5) is 4.79 Å². The third-order valence-electron chi connectivity index (χ3n) is 3.04. The van der Waals surface area contributed by atoms with Crippen LogP contribution in [0.25, 0.3) is 0 Å². The van der Waals surface area contributed by atoms with Gasteiger partial charge in [0.1, 0.15) is 11.9 Å². The predicted molar refractivity (Wildman–Crippen MR) is 72.0 cm³/mol. The zero-order valence-electron chi connectivity index (χ0n) is 12.1. The van der Waals surface area contributed by atoms with Gasteiger partial charge in [-0.3, -0.25) is 0 Å². The summed E-state index contributed by atoms with van der Waals surface area (Å²) in [7, 11) is 0. The van der Waals surface area contributed by atoms with Gasteiger partial charge < -0.3 is 19.6 Å². The maximum Gasteiger partial charge on any atom is 0.407 e. The van der Waals surface area contributed by atoms with Crippen LogP contribution in [-0.2, 0) is 14.3 Å². The molecule has 1 amide bonds. The summed E-state index contributed by atoms with van der Waals surface area (Å²) >= 11 is 0. The second kappa shape index (κ2) is 7.48. The Morgan fingerprint density at radius 1 is 1.26 bits per heavy atom. The maximum atomic E-state index is 11.4. The summed E-state index contributed by atoms with van der Waals surface area (Å²) in [4.78, 5) is 22.0. The van der Waals surface area contributed by atoms with Gasteiger partial charge in [0, 0.05) is 12.5 Å². The quantitative estimate of drug-likeness (QED) is 0.615. The van der Waals surface area contributed by atoms with Gasteiger partial charge in [-0.05, 0) is 46.5 Å². The van der Waals surface area contributed by atoms with E-state index < -0.39 is 11.7 Å². The summed E-state index contributed by atoms with van der Waals surface area (Å²) < 4.78 is 10.8. The van der Waals surface area contributed by atoms with Crippen molar-refractivity contribution in [2.45, 2.75) is 58.2 Å². The van der Waals surface area contributed by atoms with Gasteiger partial charge in [0.15, 0.2) is 0 Å². The van der Waals surface area contributed by atoms with Crippen LogP contribution in [0.5, 0.6) is 0 Å². The minimum Gasteiger partial charge on any atom is -0.444 e. The molecule has 0 bridgehead atoms. The molecular formula is C14H25NO4. The van der Waals surface area contributed by atoms with Crippen molar-refractivity contribution in [3.05, 3.63) is 0 Å². The zero-order chi connectivity index (χ0) is 14.3. The smallest absolute Gasteiger partial charge is 0.407 e. The van der Waals surface area contributed by atoms with Crippen LogP contribution in [0, 0.1) is 5.92 Å². The highest BCUT2D eigenvalue weighted by Crippen LogP contribution is 2.24. The number of amides is 1. The molecule has 0 unspecified atom stereocenters. The predicted octanol–water partition coefficient (Wildman–Crippen LogP) is 2.29. The van der Waals surface area contributed by atoms with E-state index in [1.54, 1.807) is 0 Å². The molecule has 0 aromatic rings. The Balaban J connectivity index is 2.05. The average Bonchev–Trinajstić information content (AvgIpc) is 2.33. The maximum absolute atomic E-state index is 11.4. The molecule has 1 rings (SSSR count). The van der Waals surface area contributed by atoms with Crippen molar-refractivity contribution in [3.8, 4) is 0 Å². The third-order valence-corrected chi connectivity index (χ3v) is 3.04. The third kappa shape index (κ3) is 7.15. The van der Waals surface area contributed by atoms with E-state index in [2.05, 4.69) is 5.32 Å². The molecule has 1 aliphatic rings. The van der Waals surface area contributed by atoms with E-state index in [9.17, 15) is 9.59 Å². The lowest BCUT2D eigenvalue weighted by Gasteiger charge is -2.25. The highest BCUT2D eigenvalue weighted by Gasteiger charge is 2.21. The molecule has 0 aromatic heterocycles. The molecule has 0 spiro atoms. The van der Waals surface area contributed by atoms with Crippen LogP contribution < -0.4 is 5.32 Å². The number of ether oxygens (including phenoxy) is 2. The van der Waals surface area contributed by atoms with Crippen molar-refractivity contribution in [3.63, 3.8) is 0 Å². The molecule has 0 radical (unpaired) electrons. The highest BCUT2D eigenvalue weighted by molar-refractivity contribution is 5.67. The van der Waals surface area contributed by atoms with Crippen LogP contribution in [0.15, 0.2) is 0 Å². The lowest BCUT2D eigenvalue weighted by atomic mass is 9.88. The Morgan fingerprint density at radius 2 is 1.89 bits per heavy atom. The van der Waals surface area contributed by atoms with Gasteiger partial charge in [0.2, 0.25) is 0 Å². The normalized spacial score (nSPS) is 23.7. The summed E-state index contributed by atoms with van der Waals surface area (Å²) in [5.41, 5.74) is -0.474. The number of hydrogen-bond acceptors (Lipinski definition) is 4.